The lowest BCUT2D eigenvalue weighted by molar-refractivity contribution is 0.102. The second-order valence-electron chi connectivity index (χ2n) is 9.84. The standard InChI is InChI=1S/C31H43FN2O2S.BrH/c1-2-3-4-5-6-7-8-9-10-11-12-13-21-36-30-28(32)18-15-19-29(30)33-31(35)27-17-14-16-26(23-27)24-34-20-22-37-25-34;/h14-20,22-23H,2-13,21,24-25H2,1H3,(H,33,35);1H. The molecule has 0 saturated carbocycles. The number of unbranched alkanes of at least 4 members (excludes halogenated alkanes) is 11. The molecule has 0 atom stereocenters. The second kappa shape index (κ2) is 19.1. The highest BCUT2D eigenvalue weighted by atomic mass is 79.9. The summed E-state index contributed by atoms with van der Waals surface area (Å²) in [5.41, 5.74) is 1.97. The highest BCUT2D eigenvalue weighted by Gasteiger charge is 2.15. The fraction of sp³-hybridized carbons (Fsp3) is 0.516. The number of rotatable bonds is 18. The topological polar surface area (TPSA) is 41.6 Å². The predicted octanol–water partition coefficient (Wildman–Crippen LogP) is 9.71. The maximum absolute atomic E-state index is 14.6. The minimum Gasteiger partial charge on any atom is -0.488 e. The molecule has 1 amide bonds. The number of para-hydroxylation sites is 1. The number of carbonyl (C=O) groups excluding carboxylic acids is 1. The molecule has 7 heteroatoms. The molecule has 0 saturated heterocycles. The first-order valence-electron chi connectivity index (χ1n) is 14.0. The van der Waals surface area contributed by atoms with Crippen molar-refractivity contribution in [3.05, 3.63) is 71.0 Å². The molecule has 0 aliphatic carbocycles. The van der Waals surface area contributed by atoms with Crippen molar-refractivity contribution >= 4 is 40.3 Å². The molecule has 1 aliphatic rings. The van der Waals surface area contributed by atoms with E-state index in [1.807, 2.05) is 18.2 Å². The zero-order valence-corrected chi connectivity index (χ0v) is 25.3. The Morgan fingerprint density at radius 3 is 2.26 bits per heavy atom. The first-order chi connectivity index (χ1) is 18.2. The van der Waals surface area contributed by atoms with E-state index in [9.17, 15) is 9.18 Å². The number of anilines is 1. The summed E-state index contributed by atoms with van der Waals surface area (Å²) in [7, 11) is 0. The number of ether oxygens (including phenoxy) is 1. The van der Waals surface area contributed by atoms with Gasteiger partial charge in [-0.15, -0.1) is 28.7 Å². The van der Waals surface area contributed by atoms with E-state index in [1.165, 1.54) is 70.3 Å². The molecule has 4 nitrogen and oxygen atoms in total. The van der Waals surface area contributed by atoms with Gasteiger partial charge in [-0.05, 0) is 41.7 Å². The molecule has 3 rings (SSSR count). The van der Waals surface area contributed by atoms with Gasteiger partial charge in [-0.3, -0.25) is 4.79 Å². The number of thioether (sulfide) groups is 1. The van der Waals surface area contributed by atoms with Crippen molar-refractivity contribution in [3.8, 4) is 5.75 Å². The van der Waals surface area contributed by atoms with Crippen LogP contribution in [0, 0.1) is 5.82 Å². The molecule has 2 aromatic carbocycles. The Morgan fingerprint density at radius 2 is 1.61 bits per heavy atom. The third-order valence-corrected chi connectivity index (χ3v) is 7.44. The molecule has 0 unspecified atom stereocenters. The highest BCUT2D eigenvalue weighted by Crippen LogP contribution is 2.29. The van der Waals surface area contributed by atoms with E-state index < -0.39 is 5.82 Å². The van der Waals surface area contributed by atoms with Crippen LogP contribution in [0.15, 0.2) is 54.1 Å². The maximum atomic E-state index is 14.6. The number of carbonyl (C=O) groups is 1. The maximum Gasteiger partial charge on any atom is 0.255 e. The van der Waals surface area contributed by atoms with Crippen LogP contribution in [0.2, 0.25) is 0 Å². The summed E-state index contributed by atoms with van der Waals surface area (Å²) in [5.74, 6) is 0.312. The lowest BCUT2D eigenvalue weighted by Gasteiger charge is -2.16. The molecule has 210 valence electrons. The molecule has 1 aliphatic heterocycles. The molecule has 0 spiro atoms. The third kappa shape index (κ3) is 11.8. The summed E-state index contributed by atoms with van der Waals surface area (Å²) < 4.78 is 20.4. The van der Waals surface area contributed by atoms with Crippen LogP contribution < -0.4 is 10.1 Å². The third-order valence-electron chi connectivity index (χ3n) is 6.64. The van der Waals surface area contributed by atoms with Gasteiger partial charge in [-0.1, -0.05) is 95.8 Å². The van der Waals surface area contributed by atoms with E-state index in [-0.39, 0.29) is 28.6 Å². The summed E-state index contributed by atoms with van der Waals surface area (Å²) in [6, 6.07) is 12.2. The molecule has 0 bridgehead atoms. The Bertz CT molecular complexity index is 988. The number of amides is 1. The van der Waals surface area contributed by atoms with Gasteiger partial charge in [0.25, 0.3) is 5.91 Å². The van der Waals surface area contributed by atoms with Gasteiger partial charge in [0.05, 0.1) is 18.2 Å². The van der Waals surface area contributed by atoms with Gasteiger partial charge in [0, 0.05) is 18.3 Å². The van der Waals surface area contributed by atoms with Crippen molar-refractivity contribution in [2.24, 2.45) is 0 Å². The SMILES string of the molecule is Br.CCCCCCCCCCCCCCOc1c(F)cccc1NC(=O)c1cccc(CN2C=CSC2)c1. The van der Waals surface area contributed by atoms with Crippen LogP contribution in [-0.4, -0.2) is 23.3 Å². The van der Waals surface area contributed by atoms with Crippen LogP contribution in [0.5, 0.6) is 5.75 Å². The Kier molecular flexibility index (Phi) is 16.2. The molecule has 0 fully saturated rings. The van der Waals surface area contributed by atoms with Gasteiger partial charge in [-0.2, -0.15) is 0 Å². The number of nitrogens with zero attached hydrogens (tertiary/aromatic N) is 1. The zero-order chi connectivity index (χ0) is 26.1. The molecule has 0 radical (unpaired) electrons. The summed E-state index contributed by atoms with van der Waals surface area (Å²) in [5, 5.41) is 4.92. The normalized spacial score (nSPS) is 12.4. The first-order valence-corrected chi connectivity index (χ1v) is 15.1. The summed E-state index contributed by atoms with van der Waals surface area (Å²) in [4.78, 5) is 15.1. The van der Waals surface area contributed by atoms with Gasteiger partial charge in [0.2, 0.25) is 0 Å². The van der Waals surface area contributed by atoms with E-state index in [4.69, 9.17) is 4.74 Å². The fourth-order valence-electron chi connectivity index (χ4n) is 4.52. The number of hydrogen-bond donors (Lipinski definition) is 1. The second-order valence-corrected chi connectivity index (χ2v) is 10.7. The van der Waals surface area contributed by atoms with E-state index in [1.54, 1.807) is 30.0 Å². The van der Waals surface area contributed by atoms with Gasteiger partial charge < -0.3 is 15.0 Å². The highest BCUT2D eigenvalue weighted by molar-refractivity contribution is 8.93. The minimum absolute atomic E-state index is 0. The number of nitrogens with one attached hydrogen (secondary N) is 1. The lowest BCUT2D eigenvalue weighted by atomic mass is 10.1. The smallest absolute Gasteiger partial charge is 0.255 e. The van der Waals surface area contributed by atoms with Crippen molar-refractivity contribution in [3.63, 3.8) is 0 Å². The van der Waals surface area contributed by atoms with Gasteiger partial charge in [-0.25, -0.2) is 4.39 Å². The van der Waals surface area contributed by atoms with Crippen molar-refractivity contribution in [2.45, 2.75) is 90.5 Å². The van der Waals surface area contributed by atoms with Crippen molar-refractivity contribution in [1.29, 1.82) is 0 Å². The summed E-state index contributed by atoms with van der Waals surface area (Å²) in [6.07, 6.45) is 17.2. The molecular weight excluding hydrogens is 563 g/mol. The van der Waals surface area contributed by atoms with Crippen LogP contribution in [0.25, 0.3) is 0 Å². The summed E-state index contributed by atoms with van der Waals surface area (Å²) >= 11 is 1.75. The average molecular weight is 608 g/mol. The van der Waals surface area contributed by atoms with E-state index in [0.717, 1.165) is 30.8 Å². The number of hydrogen-bond acceptors (Lipinski definition) is 4. The lowest BCUT2D eigenvalue weighted by Crippen LogP contribution is -2.16. The van der Waals surface area contributed by atoms with Crippen molar-refractivity contribution in [1.82, 2.24) is 4.90 Å². The Labute approximate surface area is 243 Å². The van der Waals surface area contributed by atoms with Gasteiger partial charge in [0.15, 0.2) is 11.6 Å². The molecule has 1 N–H and O–H groups in total. The summed E-state index contributed by atoms with van der Waals surface area (Å²) in [6.45, 7) is 3.45. The molecule has 38 heavy (non-hydrogen) atoms. The van der Waals surface area contributed by atoms with Crippen LogP contribution in [0.3, 0.4) is 0 Å². The monoisotopic (exact) mass is 606 g/mol. The largest absolute Gasteiger partial charge is 0.488 e. The number of benzene rings is 2. The molecule has 0 aromatic heterocycles. The molecular formula is C31H44BrFN2O2S. The van der Waals surface area contributed by atoms with Gasteiger partial charge in [0.1, 0.15) is 0 Å². The first kappa shape index (κ1) is 32.2. The van der Waals surface area contributed by atoms with Crippen LogP contribution >= 0.6 is 28.7 Å². The van der Waals surface area contributed by atoms with E-state index in [0.29, 0.717) is 17.9 Å². The molecule has 1 heterocycles. The minimum atomic E-state index is -0.455. The Hall–Kier alpha value is -1.99. The molecule has 2 aromatic rings. The van der Waals surface area contributed by atoms with Gasteiger partial charge >= 0.3 is 0 Å². The Balaban J connectivity index is 0.00000507. The fourth-order valence-corrected chi connectivity index (χ4v) is 5.23. The van der Waals surface area contributed by atoms with Crippen molar-refractivity contribution in [2.75, 3.05) is 17.8 Å². The van der Waals surface area contributed by atoms with Crippen molar-refractivity contribution < 1.29 is 13.9 Å². The van der Waals surface area contributed by atoms with Crippen LogP contribution in [0.4, 0.5) is 10.1 Å². The van der Waals surface area contributed by atoms with E-state index >= 15 is 0 Å². The quantitative estimate of drug-likeness (QED) is 0.171. The van der Waals surface area contributed by atoms with Crippen LogP contribution in [-0.2, 0) is 6.54 Å². The number of halogens is 2. The van der Waals surface area contributed by atoms with Crippen LogP contribution in [0.1, 0.15) is 99.9 Å². The zero-order valence-electron chi connectivity index (χ0n) is 22.8. The predicted molar refractivity (Wildman–Crippen MR) is 165 cm³/mol. The Morgan fingerprint density at radius 1 is 0.947 bits per heavy atom. The van der Waals surface area contributed by atoms with E-state index in [2.05, 4.69) is 28.7 Å². The average Bonchev–Trinajstić information content (AvgIpc) is 3.41.